The van der Waals surface area contributed by atoms with E-state index in [2.05, 4.69) is 5.32 Å². The lowest BCUT2D eigenvalue weighted by molar-refractivity contribution is 0.102. The lowest BCUT2D eigenvalue weighted by atomic mass is 10.1. The summed E-state index contributed by atoms with van der Waals surface area (Å²) in [5, 5.41) is 2.75. The Bertz CT molecular complexity index is 445. The number of carbonyl (C=O) groups excluding carboxylic acids is 2. The molecule has 1 fully saturated rings. The molecule has 0 aromatic heterocycles. The number of Topliss-reactive ketones (excluding diaryl/α,β-unsaturated/α-hetero) is 1. The molecule has 1 aliphatic rings. The standard InChI is InChI=1S/C13H16N2O2S/c1-2-18-9-12(16)10-3-5-11(6-4-10)15-8-7-14-13(15)17/h3-6H,2,7-9H2,1H3,(H,14,17). The Morgan fingerprint density at radius 3 is 2.67 bits per heavy atom. The first-order valence-corrected chi connectivity index (χ1v) is 7.14. The van der Waals surface area contributed by atoms with Crippen molar-refractivity contribution in [2.24, 2.45) is 0 Å². The van der Waals surface area contributed by atoms with E-state index in [9.17, 15) is 9.59 Å². The van der Waals surface area contributed by atoms with Crippen LogP contribution < -0.4 is 10.2 Å². The minimum atomic E-state index is -0.0735. The van der Waals surface area contributed by atoms with Crippen molar-refractivity contribution in [1.82, 2.24) is 5.32 Å². The number of urea groups is 1. The van der Waals surface area contributed by atoms with Crippen LogP contribution in [0.2, 0.25) is 0 Å². The normalized spacial score (nSPS) is 14.7. The Hall–Kier alpha value is -1.49. The molecular weight excluding hydrogens is 248 g/mol. The van der Waals surface area contributed by atoms with Crippen LogP contribution in [-0.2, 0) is 0 Å². The molecule has 0 radical (unpaired) electrons. The zero-order valence-electron chi connectivity index (χ0n) is 10.3. The predicted molar refractivity (Wildman–Crippen MR) is 74.5 cm³/mol. The monoisotopic (exact) mass is 264 g/mol. The molecule has 4 nitrogen and oxygen atoms in total. The highest BCUT2D eigenvalue weighted by molar-refractivity contribution is 7.99. The molecule has 5 heteroatoms. The van der Waals surface area contributed by atoms with Gasteiger partial charge in [-0.1, -0.05) is 6.92 Å². The van der Waals surface area contributed by atoms with Crippen LogP contribution in [0.25, 0.3) is 0 Å². The third-order valence-corrected chi connectivity index (χ3v) is 3.67. The molecule has 1 aliphatic heterocycles. The fourth-order valence-corrected chi connectivity index (χ4v) is 2.38. The maximum absolute atomic E-state index is 11.8. The summed E-state index contributed by atoms with van der Waals surface area (Å²) < 4.78 is 0. The molecule has 96 valence electrons. The highest BCUT2D eigenvalue weighted by Gasteiger charge is 2.20. The van der Waals surface area contributed by atoms with Gasteiger partial charge in [0.05, 0.1) is 5.75 Å². The molecule has 1 saturated heterocycles. The number of anilines is 1. The first-order chi connectivity index (χ1) is 8.72. The minimum absolute atomic E-state index is 0.0735. The second-order valence-corrected chi connectivity index (χ2v) is 5.27. The number of hydrogen-bond donors (Lipinski definition) is 1. The summed E-state index contributed by atoms with van der Waals surface area (Å²) in [6, 6.07) is 7.17. The van der Waals surface area contributed by atoms with E-state index in [1.165, 1.54) is 0 Å². The van der Waals surface area contributed by atoms with Crippen molar-refractivity contribution in [3.05, 3.63) is 29.8 Å². The number of ketones is 1. The SMILES string of the molecule is CCSCC(=O)c1ccc(N2CCNC2=O)cc1. The fourth-order valence-electron chi connectivity index (χ4n) is 1.82. The number of nitrogens with one attached hydrogen (secondary N) is 1. The maximum Gasteiger partial charge on any atom is 0.321 e. The molecule has 1 N–H and O–H groups in total. The van der Waals surface area contributed by atoms with Gasteiger partial charge in [0.25, 0.3) is 0 Å². The number of nitrogens with zero attached hydrogens (tertiary/aromatic N) is 1. The number of benzene rings is 1. The van der Waals surface area contributed by atoms with Crippen LogP contribution in [0.5, 0.6) is 0 Å². The molecule has 1 aromatic rings. The number of amides is 2. The molecule has 0 atom stereocenters. The molecule has 1 aromatic carbocycles. The smallest absolute Gasteiger partial charge is 0.321 e. The van der Waals surface area contributed by atoms with Crippen LogP contribution in [0.1, 0.15) is 17.3 Å². The summed E-state index contributed by atoms with van der Waals surface area (Å²) in [7, 11) is 0. The van der Waals surface area contributed by atoms with E-state index in [4.69, 9.17) is 0 Å². The van der Waals surface area contributed by atoms with E-state index in [1.807, 2.05) is 19.1 Å². The zero-order valence-corrected chi connectivity index (χ0v) is 11.1. The molecular formula is C13H16N2O2S. The first-order valence-electron chi connectivity index (χ1n) is 5.98. The van der Waals surface area contributed by atoms with Gasteiger partial charge in [-0.3, -0.25) is 9.69 Å². The summed E-state index contributed by atoms with van der Waals surface area (Å²) in [5.41, 5.74) is 1.55. The molecule has 18 heavy (non-hydrogen) atoms. The Kier molecular flexibility index (Phi) is 4.25. The lowest BCUT2D eigenvalue weighted by Crippen LogP contribution is -2.27. The van der Waals surface area contributed by atoms with Crippen molar-refractivity contribution in [3.63, 3.8) is 0 Å². The summed E-state index contributed by atoms with van der Waals surface area (Å²) >= 11 is 1.62. The van der Waals surface area contributed by atoms with Crippen LogP contribution in [0.15, 0.2) is 24.3 Å². The van der Waals surface area contributed by atoms with Gasteiger partial charge in [-0.2, -0.15) is 11.8 Å². The average molecular weight is 264 g/mol. The third-order valence-electron chi connectivity index (χ3n) is 2.80. The van der Waals surface area contributed by atoms with Crippen molar-refractivity contribution in [1.29, 1.82) is 0 Å². The minimum Gasteiger partial charge on any atom is -0.336 e. The van der Waals surface area contributed by atoms with Crippen LogP contribution in [0.4, 0.5) is 10.5 Å². The van der Waals surface area contributed by atoms with Crippen molar-refractivity contribution in [2.45, 2.75) is 6.92 Å². The van der Waals surface area contributed by atoms with E-state index in [0.29, 0.717) is 24.4 Å². The van der Waals surface area contributed by atoms with Crippen LogP contribution in [0, 0.1) is 0 Å². The molecule has 0 aliphatic carbocycles. The Morgan fingerprint density at radius 1 is 1.39 bits per heavy atom. The fraction of sp³-hybridized carbons (Fsp3) is 0.385. The van der Waals surface area contributed by atoms with E-state index < -0.39 is 0 Å². The van der Waals surface area contributed by atoms with E-state index in [1.54, 1.807) is 28.8 Å². The number of hydrogen-bond acceptors (Lipinski definition) is 3. The van der Waals surface area contributed by atoms with E-state index >= 15 is 0 Å². The van der Waals surface area contributed by atoms with E-state index in [0.717, 1.165) is 11.4 Å². The highest BCUT2D eigenvalue weighted by Crippen LogP contribution is 2.18. The number of rotatable bonds is 5. The number of carbonyl (C=O) groups is 2. The van der Waals surface area contributed by atoms with Gasteiger partial charge in [-0.05, 0) is 30.0 Å². The lowest BCUT2D eigenvalue weighted by Gasteiger charge is -2.14. The van der Waals surface area contributed by atoms with Crippen molar-refractivity contribution >= 4 is 29.3 Å². The van der Waals surface area contributed by atoms with Crippen molar-refractivity contribution < 1.29 is 9.59 Å². The Labute approximate surface area is 111 Å². The molecule has 2 rings (SSSR count). The van der Waals surface area contributed by atoms with Gasteiger partial charge < -0.3 is 5.32 Å². The number of thioether (sulfide) groups is 1. The van der Waals surface area contributed by atoms with Gasteiger partial charge in [0.15, 0.2) is 5.78 Å². The van der Waals surface area contributed by atoms with Gasteiger partial charge in [0.1, 0.15) is 0 Å². The third kappa shape index (κ3) is 2.85. The summed E-state index contributed by atoms with van der Waals surface area (Å²) in [4.78, 5) is 24.9. The van der Waals surface area contributed by atoms with Crippen molar-refractivity contribution in [2.75, 3.05) is 29.5 Å². The van der Waals surface area contributed by atoms with Crippen molar-refractivity contribution in [3.8, 4) is 0 Å². The van der Waals surface area contributed by atoms with Crippen LogP contribution >= 0.6 is 11.8 Å². The molecule has 2 amide bonds. The molecule has 0 unspecified atom stereocenters. The Morgan fingerprint density at radius 2 is 2.11 bits per heavy atom. The van der Waals surface area contributed by atoms with Gasteiger partial charge >= 0.3 is 6.03 Å². The molecule has 0 saturated carbocycles. The first kappa shape index (κ1) is 13.0. The zero-order chi connectivity index (χ0) is 13.0. The van der Waals surface area contributed by atoms with Gasteiger partial charge in [0, 0.05) is 24.3 Å². The van der Waals surface area contributed by atoms with E-state index in [-0.39, 0.29) is 11.8 Å². The summed E-state index contributed by atoms with van der Waals surface area (Å²) in [6.07, 6.45) is 0. The second-order valence-electron chi connectivity index (χ2n) is 3.99. The van der Waals surface area contributed by atoms with Gasteiger partial charge in [-0.25, -0.2) is 4.79 Å². The molecule has 0 bridgehead atoms. The summed E-state index contributed by atoms with van der Waals surface area (Å²) in [5.74, 6) is 1.59. The van der Waals surface area contributed by atoms with Crippen LogP contribution in [-0.4, -0.2) is 36.4 Å². The van der Waals surface area contributed by atoms with Gasteiger partial charge in [-0.15, -0.1) is 0 Å². The van der Waals surface area contributed by atoms with Crippen LogP contribution in [0.3, 0.4) is 0 Å². The quantitative estimate of drug-likeness (QED) is 0.829. The predicted octanol–water partition coefficient (Wildman–Crippen LogP) is 2.15. The van der Waals surface area contributed by atoms with Gasteiger partial charge in [0.2, 0.25) is 0 Å². The Balaban J connectivity index is 2.05. The largest absolute Gasteiger partial charge is 0.336 e. The maximum atomic E-state index is 11.8. The second kappa shape index (κ2) is 5.91. The average Bonchev–Trinajstić information content (AvgIpc) is 2.82. The topological polar surface area (TPSA) is 49.4 Å². The molecule has 1 heterocycles. The molecule has 0 spiro atoms. The highest BCUT2D eigenvalue weighted by atomic mass is 32.2. The summed E-state index contributed by atoms with van der Waals surface area (Å²) in [6.45, 7) is 3.39.